The maximum Gasteiger partial charge on any atom is 0.303 e. The number of carbonyl (C=O) groups is 2. The minimum absolute atomic E-state index is 0.0542. The fraction of sp³-hybridized carbons (Fsp3) is 0.455. The lowest BCUT2D eigenvalue weighted by Gasteiger charge is -2.01. The second-order valence-corrected chi connectivity index (χ2v) is 3.37. The fourth-order valence-corrected chi connectivity index (χ4v) is 1.22. The molecule has 0 aliphatic carbocycles. The maximum atomic E-state index is 11.5. The number of aliphatic carboxylic acids is 1. The third-order valence-corrected chi connectivity index (χ3v) is 2.09. The number of amides is 1. The van der Waals surface area contributed by atoms with Crippen molar-refractivity contribution in [2.24, 2.45) is 0 Å². The Morgan fingerprint density at radius 2 is 2.19 bits per heavy atom. The number of nitrogens with one attached hydrogen (secondary N) is 1. The molecule has 1 rings (SSSR count). The molecule has 0 atom stereocenters. The fourth-order valence-electron chi connectivity index (χ4n) is 1.22. The summed E-state index contributed by atoms with van der Waals surface area (Å²) in [6.07, 6.45) is 1.22. The van der Waals surface area contributed by atoms with E-state index in [2.05, 4.69) is 5.32 Å². The summed E-state index contributed by atoms with van der Waals surface area (Å²) in [6.45, 7) is 2.28. The summed E-state index contributed by atoms with van der Waals surface area (Å²) in [5.74, 6) is -0.131. The molecular formula is C11H15NO4. The lowest BCUT2D eigenvalue weighted by molar-refractivity contribution is -0.137. The molecule has 0 aliphatic rings. The van der Waals surface area contributed by atoms with Crippen molar-refractivity contribution in [1.82, 2.24) is 5.32 Å². The zero-order valence-electron chi connectivity index (χ0n) is 9.16. The van der Waals surface area contributed by atoms with Gasteiger partial charge in [-0.2, -0.15) is 0 Å². The molecule has 1 aromatic rings. The van der Waals surface area contributed by atoms with Crippen molar-refractivity contribution in [1.29, 1.82) is 0 Å². The van der Waals surface area contributed by atoms with Crippen LogP contribution in [0.15, 0.2) is 16.5 Å². The van der Waals surface area contributed by atoms with Gasteiger partial charge in [-0.1, -0.05) is 6.92 Å². The van der Waals surface area contributed by atoms with Gasteiger partial charge in [0.25, 0.3) is 5.91 Å². The van der Waals surface area contributed by atoms with Gasteiger partial charge in [0.2, 0.25) is 0 Å². The number of furan rings is 1. The number of hydrogen-bond donors (Lipinski definition) is 2. The van der Waals surface area contributed by atoms with Crippen LogP contribution in [0.3, 0.4) is 0 Å². The summed E-state index contributed by atoms with van der Waals surface area (Å²) in [6, 6.07) is 3.37. The minimum Gasteiger partial charge on any atom is -0.481 e. The molecule has 1 aromatic heterocycles. The molecule has 0 bridgehead atoms. The van der Waals surface area contributed by atoms with E-state index in [1.54, 1.807) is 12.1 Å². The lowest BCUT2D eigenvalue weighted by Crippen LogP contribution is -2.24. The summed E-state index contributed by atoms with van der Waals surface area (Å²) in [7, 11) is 0. The van der Waals surface area contributed by atoms with Crippen molar-refractivity contribution in [2.75, 3.05) is 6.54 Å². The van der Waals surface area contributed by atoms with Crippen molar-refractivity contribution in [3.05, 3.63) is 23.7 Å². The zero-order valence-corrected chi connectivity index (χ0v) is 9.16. The molecule has 0 spiro atoms. The zero-order chi connectivity index (χ0) is 12.0. The average Bonchev–Trinajstić information content (AvgIpc) is 2.72. The van der Waals surface area contributed by atoms with E-state index in [0.717, 1.165) is 12.2 Å². The van der Waals surface area contributed by atoms with Gasteiger partial charge < -0.3 is 14.8 Å². The van der Waals surface area contributed by atoms with Gasteiger partial charge in [-0.3, -0.25) is 9.59 Å². The third-order valence-electron chi connectivity index (χ3n) is 2.09. The quantitative estimate of drug-likeness (QED) is 0.718. The van der Waals surface area contributed by atoms with E-state index in [-0.39, 0.29) is 18.1 Å². The smallest absolute Gasteiger partial charge is 0.303 e. The highest BCUT2D eigenvalue weighted by molar-refractivity contribution is 5.91. The van der Waals surface area contributed by atoms with E-state index in [0.29, 0.717) is 13.0 Å². The first-order chi connectivity index (χ1) is 7.63. The van der Waals surface area contributed by atoms with Crippen LogP contribution in [0.5, 0.6) is 0 Å². The Kier molecular flexibility index (Phi) is 4.57. The Labute approximate surface area is 93.4 Å². The molecule has 88 valence electrons. The van der Waals surface area contributed by atoms with Gasteiger partial charge in [0.15, 0.2) is 5.76 Å². The monoisotopic (exact) mass is 225 g/mol. The first kappa shape index (κ1) is 12.3. The second kappa shape index (κ2) is 5.95. The molecule has 2 N–H and O–H groups in total. The SMILES string of the molecule is CCc1ccc(C(=O)NCCCC(=O)O)o1. The second-order valence-electron chi connectivity index (χ2n) is 3.37. The molecule has 16 heavy (non-hydrogen) atoms. The largest absolute Gasteiger partial charge is 0.481 e. The molecule has 5 nitrogen and oxygen atoms in total. The van der Waals surface area contributed by atoms with Crippen molar-refractivity contribution in [2.45, 2.75) is 26.2 Å². The number of carboxylic acid groups (broad SMARTS) is 1. The van der Waals surface area contributed by atoms with Crippen molar-refractivity contribution in [3.8, 4) is 0 Å². The van der Waals surface area contributed by atoms with Crippen LogP contribution in [0.4, 0.5) is 0 Å². The average molecular weight is 225 g/mol. The molecule has 0 saturated heterocycles. The molecule has 0 radical (unpaired) electrons. The number of carbonyl (C=O) groups excluding carboxylic acids is 1. The highest BCUT2D eigenvalue weighted by Crippen LogP contribution is 2.07. The van der Waals surface area contributed by atoms with Crippen LogP contribution in [-0.2, 0) is 11.2 Å². The molecule has 0 fully saturated rings. The molecule has 5 heteroatoms. The predicted octanol–water partition coefficient (Wildman–Crippen LogP) is 1.44. The molecule has 0 aliphatic heterocycles. The Balaban J connectivity index is 2.32. The topological polar surface area (TPSA) is 79.5 Å². The van der Waals surface area contributed by atoms with Crippen molar-refractivity contribution >= 4 is 11.9 Å². The lowest BCUT2D eigenvalue weighted by atomic mass is 10.3. The maximum absolute atomic E-state index is 11.5. The Bertz CT molecular complexity index is 370. The summed E-state index contributed by atoms with van der Waals surface area (Å²) in [5.41, 5.74) is 0. The Morgan fingerprint density at radius 3 is 2.75 bits per heavy atom. The summed E-state index contributed by atoms with van der Waals surface area (Å²) >= 11 is 0. The van der Waals surface area contributed by atoms with E-state index in [4.69, 9.17) is 9.52 Å². The number of carboxylic acids is 1. The summed E-state index contributed by atoms with van der Waals surface area (Å²) < 4.78 is 5.24. The summed E-state index contributed by atoms with van der Waals surface area (Å²) in [5, 5.41) is 11.0. The van der Waals surface area contributed by atoms with E-state index >= 15 is 0 Å². The van der Waals surface area contributed by atoms with E-state index in [1.165, 1.54) is 0 Å². The highest BCUT2D eigenvalue weighted by atomic mass is 16.4. The van der Waals surface area contributed by atoms with Gasteiger partial charge >= 0.3 is 5.97 Å². The standard InChI is InChI=1S/C11H15NO4/c1-2-8-5-6-9(16-8)11(15)12-7-3-4-10(13)14/h5-6H,2-4,7H2,1H3,(H,12,15)(H,13,14). The van der Waals surface area contributed by atoms with E-state index < -0.39 is 5.97 Å². The van der Waals surface area contributed by atoms with E-state index in [1.807, 2.05) is 6.92 Å². The molecule has 1 heterocycles. The van der Waals surface area contributed by atoms with Crippen LogP contribution in [0.1, 0.15) is 36.1 Å². The van der Waals surface area contributed by atoms with Crippen LogP contribution in [0.25, 0.3) is 0 Å². The number of rotatable bonds is 6. The van der Waals surface area contributed by atoms with E-state index in [9.17, 15) is 9.59 Å². The van der Waals surface area contributed by atoms with Crippen LogP contribution < -0.4 is 5.32 Å². The number of hydrogen-bond acceptors (Lipinski definition) is 3. The van der Waals surface area contributed by atoms with Crippen LogP contribution in [0, 0.1) is 0 Å². The minimum atomic E-state index is -0.861. The Morgan fingerprint density at radius 1 is 1.44 bits per heavy atom. The molecule has 0 unspecified atom stereocenters. The van der Waals surface area contributed by atoms with Gasteiger partial charge in [-0.05, 0) is 18.6 Å². The van der Waals surface area contributed by atoms with Gasteiger partial charge in [-0.25, -0.2) is 0 Å². The highest BCUT2D eigenvalue weighted by Gasteiger charge is 2.09. The van der Waals surface area contributed by atoms with Crippen molar-refractivity contribution in [3.63, 3.8) is 0 Å². The molecule has 0 aromatic carbocycles. The number of aryl methyl sites for hydroxylation is 1. The third kappa shape index (κ3) is 3.76. The van der Waals surface area contributed by atoms with Crippen molar-refractivity contribution < 1.29 is 19.1 Å². The van der Waals surface area contributed by atoms with Crippen LogP contribution >= 0.6 is 0 Å². The van der Waals surface area contributed by atoms with Gasteiger partial charge in [-0.15, -0.1) is 0 Å². The van der Waals surface area contributed by atoms with Crippen LogP contribution in [0.2, 0.25) is 0 Å². The molecule has 1 amide bonds. The first-order valence-electron chi connectivity index (χ1n) is 5.22. The van der Waals surface area contributed by atoms with Crippen LogP contribution in [-0.4, -0.2) is 23.5 Å². The Hall–Kier alpha value is -1.78. The van der Waals surface area contributed by atoms with Gasteiger partial charge in [0, 0.05) is 19.4 Å². The van der Waals surface area contributed by atoms with Gasteiger partial charge in [0.1, 0.15) is 5.76 Å². The van der Waals surface area contributed by atoms with Gasteiger partial charge in [0.05, 0.1) is 0 Å². The normalized spacial score (nSPS) is 10.1. The molecule has 0 saturated carbocycles. The summed E-state index contributed by atoms with van der Waals surface area (Å²) in [4.78, 5) is 21.7. The predicted molar refractivity (Wildman–Crippen MR) is 57.3 cm³/mol. The molecular weight excluding hydrogens is 210 g/mol. The first-order valence-corrected chi connectivity index (χ1v) is 5.22.